The van der Waals surface area contributed by atoms with E-state index in [1.54, 1.807) is 0 Å². The highest BCUT2D eigenvalue weighted by atomic mass is 31.2. The van der Waals surface area contributed by atoms with Crippen molar-refractivity contribution in [3.05, 3.63) is 0 Å². The van der Waals surface area contributed by atoms with Gasteiger partial charge in [0.25, 0.3) is 0 Å². The molecule has 7 nitrogen and oxygen atoms in total. The third-order valence-corrected chi connectivity index (χ3v) is 7.14. The summed E-state index contributed by atoms with van der Waals surface area (Å²) in [6, 6.07) is 0. The second-order valence-corrected chi connectivity index (χ2v) is 11.7. The number of rotatable bonds is 29. The van der Waals surface area contributed by atoms with Crippen molar-refractivity contribution in [1.29, 1.82) is 0 Å². The summed E-state index contributed by atoms with van der Waals surface area (Å²) in [7, 11) is -4.63. The van der Waals surface area contributed by atoms with Crippen LogP contribution in [0.15, 0.2) is 0 Å². The van der Waals surface area contributed by atoms with E-state index in [4.69, 9.17) is 19.3 Å². The van der Waals surface area contributed by atoms with Gasteiger partial charge in [-0.15, -0.1) is 0 Å². The maximum absolute atomic E-state index is 12.2. The number of ether oxygens (including phenoxy) is 2. The summed E-state index contributed by atoms with van der Waals surface area (Å²) in [4.78, 5) is 30.2. The van der Waals surface area contributed by atoms with Crippen molar-refractivity contribution in [2.75, 3.05) is 19.8 Å². The molecule has 0 amide bonds. The summed E-state index contributed by atoms with van der Waals surface area (Å²) >= 11 is 0. The zero-order chi connectivity index (χ0) is 27.5. The van der Waals surface area contributed by atoms with E-state index in [-0.39, 0.29) is 19.2 Å². The highest BCUT2D eigenvalue weighted by Gasteiger charge is 2.21. The zero-order valence-corrected chi connectivity index (χ0v) is 25.0. The van der Waals surface area contributed by atoms with E-state index >= 15 is 0 Å². The third-order valence-electron chi connectivity index (χ3n) is 6.66. The first kappa shape index (κ1) is 36.5. The first-order chi connectivity index (χ1) is 17.9. The molecule has 0 aliphatic heterocycles. The Morgan fingerprint density at radius 2 is 1.03 bits per heavy atom. The lowest BCUT2D eigenvalue weighted by molar-refractivity contribution is -0.154. The number of phosphoric ester groups is 1. The van der Waals surface area contributed by atoms with E-state index in [0.29, 0.717) is 13.0 Å². The van der Waals surface area contributed by atoms with Crippen molar-refractivity contribution in [2.24, 2.45) is 0 Å². The summed E-state index contributed by atoms with van der Waals surface area (Å²) in [5.41, 5.74) is 0. The van der Waals surface area contributed by atoms with Gasteiger partial charge in [-0.05, 0) is 12.8 Å². The van der Waals surface area contributed by atoms with Crippen LogP contribution in [0.4, 0.5) is 0 Å². The Bertz CT molecular complexity index is 538. The Balaban J connectivity index is 3.87. The van der Waals surface area contributed by atoms with E-state index in [1.165, 1.54) is 103 Å². The minimum atomic E-state index is -4.63. The molecular weight excluding hydrogens is 491 g/mol. The van der Waals surface area contributed by atoms with Crippen LogP contribution in [0.3, 0.4) is 0 Å². The van der Waals surface area contributed by atoms with Gasteiger partial charge in [0.15, 0.2) is 0 Å². The number of phosphoric acid groups is 1. The first-order valence-corrected chi connectivity index (χ1v) is 16.9. The lowest BCUT2D eigenvalue weighted by atomic mass is 10.1. The van der Waals surface area contributed by atoms with E-state index in [2.05, 4.69) is 18.4 Å². The molecule has 0 aliphatic rings. The molecule has 0 rings (SSSR count). The van der Waals surface area contributed by atoms with Gasteiger partial charge in [-0.2, -0.15) is 0 Å². The minimum Gasteiger partial charge on any atom is -0.457 e. The maximum atomic E-state index is 12.2. The number of unbranched alkanes of at least 4 members (excludes halogenated alkanes) is 19. The number of hydrogen-bond donors (Lipinski definition) is 2. The molecule has 0 saturated carbocycles. The maximum Gasteiger partial charge on any atom is 0.469 e. The fraction of sp³-hybridized carbons (Fsp3) is 0.966. The van der Waals surface area contributed by atoms with E-state index < -0.39 is 13.9 Å². The van der Waals surface area contributed by atoms with Gasteiger partial charge in [0.1, 0.15) is 6.10 Å². The van der Waals surface area contributed by atoms with E-state index in [0.717, 1.165) is 32.1 Å². The number of carbonyl (C=O) groups is 1. The van der Waals surface area contributed by atoms with Crippen molar-refractivity contribution < 1.29 is 33.1 Å². The third kappa shape index (κ3) is 29.9. The Morgan fingerprint density at radius 3 is 1.46 bits per heavy atom. The lowest BCUT2D eigenvalue weighted by Gasteiger charge is -2.18. The summed E-state index contributed by atoms with van der Waals surface area (Å²) in [6.07, 6.45) is 25.2. The van der Waals surface area contributed by atoms with Gasteiger partial charge in [-0.25, -0.2) is 4.57 Å². The van der Waals surface area contributed by atoms with Crippen LogP contribution in [0.5, 0.6) is 0 Å². The Hall–Kier alpha value is -0.460. The van der Waals surface area contributed by atoms with Gasteiger partial charge in [0.2, 0.25) is 0 Å². The Kier molecular flexibility index (Phi) is 26.8. The molecule has 0 unspecified atom stereocenters. The predicted molar refractivity (Wildman–Crippen MR) is 152 cm³/mol. The molecule has 0 fully saturated rings. The number of carbonyl (C=O) groups excluding carboxylic acids is 1. The SMILES string of the molecule is CCCCCCCCCCCCCCOC[C@H](COP(=O)(O)O)OC(=O)CCCCCCCCCCC. The van der Waals surface area contributed by atoms with Crippen molar-refractivity contribution in [3.63, 3.8) is 0 Å². The quantitative estimate of drug-likeness (QED) is 0.0546. The average molecular weight is 551 g/mol. The van der Waals surface area contributed by atoms with E-state index in [9.17, 15) is 9.36 Å². The lowest BCUT2D eigenvalue weighted by Crippen LogP contribution is -2.28. The highest BCUT2D eigenvalue weighted by molar-refractivity contribution is 7.46. The summed E-state index contributed by atoms with van der Waals surface area (Å²) in [5.74, 6) is -0.365. The molecule has 0 aromatic heterocycles. The Labute approximate surface area is 228 Å². The summed E-state index contributed by atoms with van der Waals surface area (Å²) in [5, 5.41) is 0. The van der Waals surface area contributed by atoms with Crippen LogP contribution in [0.2, 0.25) is 0 Å². The monoisotopic (exact) mass is 550 g/mol. The van der Waals surface area contributed by atoms with Crippen molar-refractivity contribution in [1.82, 2.24) is 0 Å². The van der Waals surface area contributed by atoms with Crippen LogP contribution in [0.25, 0.3) is 0 Å². The normalized spacial score (nSPS) is 12.6. The van der Waals surface area contributed by atoms with E-state index in [1.807, 2.05) is 0 Å². The topological polar surface area (TPSA) is 102 Å². The molecule has 0 aromatic rings. The molecule has 0 bridgehead atoms. The van der Waals surface area contributed by atoms with Crippen LogP contribution in [-0.2, 0) is 23.4 Å². The van der Waals surface area contributed by atoms with Gasteiger partial charge in [0.05, 0.1) is 13.2 Å². The largest absolute Gasteiger partial charge is 0.469 e. The molecule has 0 heterocycles. The molecule has 37 heavy (non-hydrogen) atoms. The van der Waals surface area contributed by atoms with Gasteiger partial charge in [0, 0.05) is 13.0 Å². The summed E-state index contributed by atoms with van der Waals surface area (Å²) in [6.45, 7) is 4.72. The van der Waals surface area contributed by atoms with Crippen LogP contribution in [0, 0.1) is 0 Å². The fourth-order valence-corrected chi connectivity index (χ4v) is 4.74. The standard InChI is InChI=1S/C29H59O7P/c1-3-5-7-9-11-13-14-15-17-19-21-23-25-34-26-28(27-35-37(31,32)33)36-29(30)24-22-20-18-16-12-10-8-6-4-2/h28H,3-27H2,1-2H3,(H2,31,32,33)/t28-/m1/s1. The zero-order valence-electron chi connectivity index (χ0n) is 24.1. The van der Waals surface area contributed by atoms with Gasteiger partial charge in [-0.1, -0.05) is 136 Å². The molecular formula is C29H59O7P. The van der Waals surface area contributed by atoms with Crippen molar-refractivity contribution in [3.8, 4) is 0 Å². The molecule has 222 valence electrons. The fourth-order valence-electron chi connectivity index (χ4n) is 4.38. The molecule has 8 heteroatoms. The average Bonchev–Trinajstić information content (AvgIpc) is 2.85. The molecule has 2 N–H and O–H groups in total. The van der Waals surface area contributed by atoms with Crippen LogP contribution in [0.1, 0.15) is 155 Å². The van der Waals surface area contributed by atoms with Crippen molar-refractivity contribution >= 4 is 13.8 Å². The van der Waals surface area contributed by atoms with Crippen LogP contribution >= 0.6 is 7.82 Å². The molecule has 0 spiro atoms. The second-order valence-electron chi connectivity index (χ2n) is 10.4. The van der Waals surface area contributed by atoms with Gasteiger partial charge < -0.3 is 19.3 Å². The molecule has 0 radical (unpaired) electrons. The molecule has 0 saturated heterocycles. The predicted octanol–water partition coefficient (Wildman–Crippen LogP) is 8.65. The smallest absolute Gasteiger partial charge is 0.457 e. The molecule has 0 aromatic carbocycles. The number of hydrogen-bond acceptors (Lipinski definition) is 5. The summed E-state index contributed by atoms with van der Waals surface area (Å²) < 4.78 is 26.7. The number of esters is 1. The van der Waals surface area contributed by atoms with Crippen molar-refractivity contribution in [2.45, 2.75) is 161 Å². The molecule has 1 atom stereocenters. The van der Waals surface area contributed by atoms with Gasteiger partial charge >= 0.3 is 13.8 Å². The highest BCUT2D eigenvalue weighted by Crippen LogP contribution is 2.35. The minimum absolute atomic E-state index is 0.0849. The van der Waals surface area contributed by atoms with Crippen LogP contribution < -0.4 is 0 Å². The second kappa shape index (κ2) is 27.1. The Morgan fingerprint density at radius 1 is 0.622 bits per heavy atom. The van der Waals surface area contributed by atoms with Gasteiger partial charge in [-0.3, -0.25) is 9.32 Å². The molecule has 0 aliphatic carbocycles. The first-order valence-electron chi connectivity index (χ1n) is 15.4. The van der Waals surface area contributed by atoms with Crippen LogP contribution in [-0.4, -0.2) is 41.7 Å².